The SMILES string of the molecule is C=CCC(NCCC)C1CCC(F)(F)CC1. The molecule has 0 spiro atoms. The molecule has 1 fully saturated rings. The van der Waals surface area contributed by atoms with Gasteiger partial charge in [-0.1, -0.05) is 13.0 Å². The van der Waals surface area contributed by atoms with Gasteiger partial charge in [0.15, 0.2) is 0 Å². The van der Waals surface area contributed by atoms with Crippen molar-refractivity contribution < 1.29 is 8.78 Å². The summed E-state index contributed by atoms with van der Waals surface area (Å²) in [5, 5.41) is 3.45. The van der Waals surface area contributed by atoms with Crippen LogP contribution in [-0.2, 0) is 0 Å². The zero-order valence-corrected chi connectivity index (χ0v) is 10.1. The highest BCUT2D eigenvalue weighted by atomic mass is 19.3. The Kier molecular flexibility index (Phi) is 5.39. The molecule has 1 nitrogen and oxygen atoms in total. The van der Waals surface area contributed by atoms with Crippen molar-refractivity contribution in [1.82, 2.24) is 5.32 Å². The number of nitrogens with one attached hydrogen (secondary N) is 1. The molecule has 0 saturated heterocycles. The van der Waals surface area contributed by atoms with Crippen molar-refractivity contribution in [2.24, 2.45) is 5.92 Å². The lowest BCUT2D eigenvalue weighted by Crippen LogP contribution is -2.40. The van der Waals surface area contributed by atoms with Crippen LogP contribution in [0, 0.1) is 5.92 Å². The van der Waals surface area contributed by atoms with E-state index in [1.54, 1.807) is 0 Å². The van der Waals surface area contributed by atoms with E-state index in [0.29, 0.717) is 24.8 Å². The molecular weight excluding hydrogens is 208 g/mol. The lowest BCUT2D eigenvalue weighted by molar-refractivity contribution is -0.0494. The van der Waals surface area contributed by atoms with E-state index in [2.05, 4.69) is 18.8 Å². The van der Waals surface area contributed by atoms with Crippen LogP contribution in [0.25, 0.3) is 0 Å². The van der Waals surface area contributed by atoms with Gasteiger partial charge < -0.3 is 5.32 Å². The van der Waals surface area contributed by atoms with Crippen molar-refractivity contribution in [1.29, 1.82) is 0 Å². The molecule has 1 N–H and O–H groups in total. The highest BCUT2D eigenvalue weighted by Crippen LogP contribution is 2.37. The Hall–Kier alpha value is -0.440. The van der Waals surface area contributed by atoms with Crippen LogP contribution in [0.3, 0.4) is 0 Å². The summed E-state index contributed by atoms with van der Waals surface area (Å²) in [7, 11) is 0. The molecule has 0 aromatic rings. The van der Waals surface area contributed by atoms with Crippen LogP contribution in [0.15, 0.2) is 12.7 Å². The van der Waals surface area contributed by atoms with Gasteiger partial charge in [-0.25, -0.2) is 8.78 Å². The van der Waals surface area contributed by atoms with E-state index in [9.17, 15) is 8.78 Å². The number of rotatable bonds is 6. The van der Waals surface area contributed by atoms with Crippen molar-refractivity contribution >= 4 is 0 Å². The van der Waals surface area contributed by atoms with Gasteiger partial charge in [0.05, 0.1) is 0 Å². The zero-order valence-electron chi connectivity index (χ0n) is 10.1. The Labute approximate surface area is 97.3 Å². The average molecular weight is 231 g/mol. The van der Waals surface area contributed by atoms with E-state index in [1.165, 1.54) is 0 Å². The molecule has 1 saturated carbocycles. The van der Waals surface area contributed by atoms with Gasteiger partial charge in [0.25, 0.3) is 0 Å². The molecule has 16 heavy (non-hydrogen) atoms. The molecule has 1 aliphatic carbocycles. The number of alkyl halides is 2. The number of halogens is 2. The Balaban J connectivity index is 2.42. The summed E-state index contributed by atoms with van der Waals surface area (Å²) in [5.74, 6) is -2.02. The Bertz CT molecular complexity index is 206. The predicted octanol–water partition coefficient (Wildman–Crippen LogP) is 3.76. The van der Waals surface area contributed by atoms with Crippen LogP contribution >= 0.6 is 0 Å². The molecule has 3 heteroatoms. The van der Waals surface area contributed by atoms with Crippen LogP contribution in [0.4, 0.5) is 8.78 Å². The maximum atomic E-state index is 13.0. The van der Waals surface area contributed by atoms with Crippen molar-refractivity contribution in [3.63, 3.8) is 0 Å². The fourth-order valence-corrected chi connectivity index (χ4v) is 2.42. The van der Waals surface area contributed by atoms with Gasteiger partial charge in [-0.3, -0.25) is 0 Å². The Morgan fingerprint density at radius 2 is 2.06 bits per heavy atom. The molecule has 1 rings (SSSR count). The van der Waals surface area contributed by atoms with E-state index >= 15 is 0 Å². The molecule has 0 amide bonds. The standard InChI is InChI=1S/C13H23F2N/c1-3-5-12(16-10-4-2)11-6-8-13(14,15)9-7-11/h3,11-12,16H,1,4-10H2,2H3. The van der Waals surface area contributed by atoms with Gasteiger partial charge in [0.1, 0.15) is 0 Å². The predicted molar refractivity (Wildman–Crippen MR) is 63.8 cm³/mol. The summed E-state index contributed by atoms with van der Waals surface area (Å²) in [4.78, 5) is 0. The highest BCUT2D eigenvalue weighted by Gasteiger charge is 2.37. The lowest BCUT2D eigenvalue weighted by Gasteiger charge is -2.34. The van der Waals surface area contributed by atoms with Gasteiger partial charge >= 0.3 is 0 Å². The molecule has 1 atom stereocenters. The van der Waals surface area contributed by atoms with Crippen LogP contribution < -0.4 is 5.32 Å². The monoisotopic (exact) mass is 231 g/mol. The van der Waals surface area contributed by atoms with Crippen LogP contribution in [-0.4, -0.2) is 18.5 Å². The summed E-state index contributed by atoms with van der Waals surface area (Å²) in [6.07, 6.45) is 5.25. The zero-order chi connectivity index (χ0) is 12.0. The maximum absolute atomic E-state index is 13.0. The third kappa shape index (κ3) is 4.20. The topological polar surface area (TPSA) is 12.0 Å². The average Bonchev–Trinajstić information content (AvgIpc) is 2.25. The normalized spacial score (nSPS) is 22.9. The third-order valence-electron chi connectivity index (χ3n) is 3.41. The Morgan fingerprint density at radius 1 is 1.44 bits per heavy atom. The largest absolute Gasteiger partial charge is 0.313 e. The van der Waals surface area contributed by atoms with Gasteiger partial charge in [-0.05, 0) is 38.1 Å². The first-order valence-corrected chi connectivity index (χ1v) is 6.31. The molecule has 0 aliphatic heterocycles. The van der Waals surface area contributed by atoms with E-state index in [-0.39, 0.29) is 12.8 Å². The molecule has 0 heterocycles. The number of hydrogen-bond donors (Lipinski definition) is 1. The van der Waals surface area contributed by atoms with E-state index in [1.807, 2.05) is 6.08 Å². The third-order valence-corrected chi connectivity index (χ3v) is 3.41. The summed E-state index contributed by atoms with van der Waals surface area (Å²) in [6, 6.07) is 0.341. The second-order valence-electron chi connectivity index (χ2n) is 4.78. The lowest BCUT2D eigenvalue weighted by atomic mass is 9.81. The van der Waals surface area contributed by atoms with Gasteiger partial charge in [0, 0.05) is 18.9 Å². The molecule has 94 valence electrons. The van der Waals surface area contributed by atoms with Gasteiger partial charge in [0.2, 0.25) is 5.92 Å². The molecule has 0 aromatic heterocycles. The van der Waals surface area contributed by atoms with Gasteiger partial charge in [-0.15, -0.1) is 6.58 Å². The summed E-state index contributed by atoms with van der Waals surface area (Å²) >= 11 is 0. The minimum absolute atomic E-state index is 0.0547. The fraction of sp³-hybridized carbons (Fsp3) is 0.846. The van der Waals surface area contributed by atoms with Crippen LogP contribution in [0.2, 0.25) is 0 Å². The van der Waals surface area contributed by atoms with E-state index in [4.69, 9.17) is 0 Å². The van der Waals surface area contributed by atoms with Crippen molar-refractivity contribution in [2.75, 3.05) is 6.54 Å². The first-order chi connectivity index (χ1) is 7.59. The maximum Gasteiger partial charge on any atom is 0.248 e. The molecule has 0 aromatic carbocycles. The molecule has 0 radical (unpaired) electrons. The fourth-order valence-electron chi connectivity index (χ4n) is 2.42. The quantitative estimate of drug-likeness (QED) is 0.686. The van der Waals surface area contributed by atoms with Crippen LogP contribution in [0.5, 0.6) is 0 Å². The van der Waals surface area contributed by atoms with E-state index in [0.717, 1.165) is 19.4 Å². The van der Waals surface area contributed by atoms with E-state index < -0.39 is 5.92 Å². The smallest absolute Gasteiger partial charge is 0.248 e. The molecule has 1 unspecified atom stereocenters. The summed E-state index contributed by atoms with van der Waals surface area (Å²) in [5.41, 5.74) is 0. The first kappa shape index (κ1) is 13.6. The first-order valence-electron chi connectivity index (χ1n) is 6.31. The molecule has 0 bridgehead atoms. The second-order valence-corrected chi connectivity index (χ2v) is 4.78. The van der Waals surface area contributed by atoms with Crippen molar-refractivity contribution in [2.45, 2.75) is 57.4 Å². The Morgan fingerprint density at radius 3 is 2.56 bits per heavy atom. The summed E-state index contributed by atoms with van der Waals surface area (Å²) < 4.78 is 26.1. The van der Waals surface area contributed by atoms with Crippen molar-refractivity contribution in [3.05, 3.63) is 12.7 Å². The van der Waals surface area contributed by atoms with Crippen molar-refractivity contribution in [3.8, 4) is 0 Å². The minimum atomic E-state index is -2.42. The second kappa shape index (κ2) is 6.33. The summed E-state index contributed by atoms with van der Waals surface area (Å²) in [6.45, 7) is 6.83. The highest BCUT2D eigenvalue weighted by molar-refractivity contribution is 4.88. The number of hydrogen-bond acceptors (Lipinski definition) is 1. The molecular formula is C13H23F2N. The molecule has 1 aliphatic rings. The van der Waals surface area contributed by atoms with Crippen LogP contribution in [0.1, 0.15) is 45.4 Å². The van der Waals surface area contributed by atoms with Gasteiger partial charge in [-0.2, -0.15) is 0 Å². The minimum Gasteiger partial charge on any atom is -0.313 e.